The Kier molecular flexibility index (Phi) is 6.77. The Bertz CT molecular complexity index is 702. The molecule has 2 aromatic carbocycles. The van der Waals surface area contributed by atoms with Crippen LogP contribution in [0.3, 0.4) is 0 Å². The minimum atomic E-state index is 0.123. The number of nitrogens with one attached hydrogen (secondary N) is 1. The van der Waals surface area contributed by atoms with Crippen molar-refractivity contribution >= 4 is 27.5 Å². The maximum atomic E-state index is 6.31. The van der Waals surface area contributed by atoms with Crippen LogP contribution < -0.4 is 10.1 Å². The van der Waals surface area contributed by atoms with Gasteiger partial charge in [-0.25, -0.2) is 0 Å². The van der Waals surface area contributed by atoms with Crippen LogP contribution in [0.2, 0.25) is 5.02 Å². The van der Waals surface area contributed by atoms with E-state index in [1.807, 2.05) is 25.1 Å². The fourth-order valence-electron chi connectivity index (χ4n) is 3.41. The standard InChI is InChI=1S/C20H24BrClN2O/c1-2-25-19-8-7-16(21)14-18(19)20(15-5-3-6-17(22)13-15)24-11-4-9-23-10-12-24/h3,5-8,13-14,20,23H,2,4,9-12H2,1H3. The highest BCUT2D eigenvalue weighted by molar-refractivity contribution is 9.10. The zero-order chi connectivity index (χ0) is 17.6. The lowest BCUT2D eigenvalue weighted by atomic mass is 9.96. The van der Waals surface area contributed by atoms with Gasteiger partial charge in [0.15, 0.2) is 0 Å². The van der Waals surface area contributed by atoms with Crippen molar-refractivity contribution in [1.29, 1.82) is 0 Å². The molecule has 1 heterocycles. The molecule has 0 spiro atoms. The molecule has 2 aromatic rings. The van der Waals surface area contributed by atoms with Gasteiger partial charge in [0, 0.05) is 34.7 Å². The second kappa shape index (κ2) is 9.04. The molecular weight excluding hydrogens is 400 g/mol. The van der Waals surface area contributed by atoms with Gasteiger partial charge < -0.3 is 10.1 Å². The van der Waals surface area contributed by atoms with Crippen LogP contribution in [0.4, 0.5) is 0 Å². The number of hydrogen-bond donors (Lipinski definition) is 1. The van der Waals surface area contributed by atoms with E-state index in [9.17, 15) is 0 Å². The summed E-state index contributed by atoms with van der Waals surface area (Å²) < 4.78 is 7.01. The molecule has 0 amide bonds. The first-order chi connectivity index (χ1) is 12.2. The largest absolute Gasteiger partial charge is 0.494 e. The van der Waals surface area contributed by atoms with Crippen molar-refractivity contribution in [3.8, 4) is 5.75 Å². The molecule has 1 saturated heterocycles. The van der Waals surface area contributed by atoms with Gasteiger partial charge in [-0.1, -0.05) is 39.7 Å². The number of rotatable bonds is 5. The topological polar surface area (TPSA) is 24.5 Å². The Hall–Kier alpha value is -1.07. The van der Waals surface area contributed by atoms with E-state index in [4.69, 9.17) is 16.3 Å². The summed E-state index contributed by atoms with van der Waals surface area (Å²) in [6.07, 6.45) is 1.13. The number of benzene rings is 2. The zero-order valence-corrected chi connectivity index (χ0v) is 16.8. The molecule has 134 valence electrons. The van der Waals surface area contributed by atoms with E-state index in [0.717, 1.165) is 47.8 Å². The zero-order valence-electron chi connectivity index (χ0n) is 14.5. The highest BCUT2D eigenvalue weighted by atomic mass is 79.9. The predicted molar refractivity (Wildman–Crippen MR) is 108 cm³/mol. The van der Waals surface area contributed by atoms with Gasteiger partial charge in [0.2, 0.25) is 0 Å². The molecule has 1 atom stereocenters. The van der Waals surface area contributed by atoms with Gasteiger partial charge >= 0.3 is 0 Å². The molecule has 1 fully saturated rings. The molecule has 0 bridgehead atoms. The molecule has 1 unspecified atom stereocenters. The molecule has 0 aromatic heterocycles. The maximum Gasteiger partial charge on any atom is 0.124 e. The second-order valence-corrected chi connectivity index (χ2v) is 7.56. The van der Waals surface area contributed by atoms with E-state index in [-0.39, 0.29) is 6.04 Å². The third-order valence-electron chi connectivity index (χ3n) is 4.47. The van der Waals surface area contributed by atoms with Gasteiger partial charge in [0.1, 0.15) is 5.75 Å². The Labute approximate surface area is 163 Å². The fourth-order valence-corrected chi connectivity index (χ4v) is 3.99. The van der Waals surface area contributed by atoms with Gasteiger partial charge in [0.25, 0.3) is 0 Å². The number of ether oxygens (including phenoxy) is 1. The maximum absolute atomic E-state index is 6.31. The Morgan fingerprint density at radius 1 is 1.20 bits per heavy atom. The SMILES string of the molecule is CCOc1ccc(Br)cc1C(c1cccc(Cl)c1)N1CCCNCC1. The summed E-state index contributed by atoms with van der Waals surface area (Å²) in [5, 5.41) is 4.26. The lowest BCUT2D eigenvalue weighted by molar-refractivity contribution is 0.233. The molecule has 5 heteroatoms. The van der Waals surface area contributed by atoms with Crippen molar-refractivity contribution in [2.75, 3.05) is 32.8 Å². The fraction of sp³-hybridized carbons (Fsp3) is 0.400. The smallest absolute Gasteiger partial charge is 0.124 e. The van der Waals surface area contributed by atoms with Crippen molar-refractivity contribution in [1.82, 2.24) is 10.2 Å². The van der Waals surface area contributed by atoms with Crippen LogP contribution in [0, 0.1) is 0 Å². The summed E-state index contributed by atoms with van der Waals surface area (Å²) in [5.74, 6) is 0.938. The molecule has 0 saturated carbocycles. The second-order valence-electron chi connectivity index (χ2n) is 6.21. The molecule has 3 rings (SSSR count). The minimum absolute atomic E-state index is 0.123. The molecule has 0 radical (unpaired) electrons. The van der Waals surface area contributed by atoms with Crippen LogP contribution in [-0.4, -0.2) is 37.7 Å². The highest BCUT2D eigenvalue weighted by Gasteiger charge is 2.26. The number of halogens is 2. The molecule has 0 aliphatic carbocycles. The number of hydrogen-bond acceptors (Lipinski definition) is 3. The quantitative estimate of drug-likeness (QED) is 0.741. The van der Waals surface area contributed by atoms with E-state index < -0.39 is 0 Å². The monoisotopic (exact) mass is 422 g/mol. The van der Waals surface area contributed by atoms with Crippen LogP contribution in [0.5, 0.6) is 5.75 Å². The summed E-state index contributed by atoms with van der Waals surface area (Å²) in [4.78, 5) is 2.52. The molecule has 1 aliphatic heterocycles. The first-order valence-electron chi connectivity index (χ1n) is 8.81. The summed E-state index contributed by atoms with van der Waals surface area (Å²) in [5.41, 5.74) is 2.38. The van der Waals surface area contributed by atoms with Gasteiger partial charge in [-0.2, -0.15) is 0 Å². The average molecular weight is 424 g/mol. The van der Waals surface area contributed by atoms with Crippen molar-refractivity contribution in [2.24, 2.45) is 0 Å². The van der Waals surface area contributed by atoms with Crippen LogP contribution >= 0.6 is 27.5 Å². The third kappa shape index (κ3) is 4.76. The number of nitrogens with zero attached hydrogens (tertiary/aromatic N) is 1. The van der Waals surface area contributed by atoms with Gasteiger partial charge in [-0.05, 0) is 55.8 Å². The Morgan fingerprint density at radius 2 is 2.08 bits per heavy atom. The van der Waals surface area contributed by atoms with Crippen LogP contribution in [0.25, 0.3) is 0 Å². The molecular formula is C20H24BrClN2O. The van der Waals surface area contributed by atoms with Crippen molar-refractivity contribution in [2.45, 2.75) is 19.4 Å². The third-order valence-corrected chi connectivity index (χ3v) is 5.20. The van der Waals surface area contributed by atoms with E-state index >= 15 is 0 Å². The molecule has 1 aliphatic rings. The van der Waals surface area contributed by atoms with Crippen molar-refractivity contribution in [3.63, 3.8) is 0 Å². The Morgan fingerprint density at radius 3 is 2.88 bits per heavy atom. The van der Waals surface area contributed by atoms with E-state index in [2.05, 4.69) is 50.4 Å². The van der Waals surface area contributed by atoms with E-state index in [0.29, 0.717) is 6.61 Å². The average Bonchev–Trinajstić information content (AvgIpc) is 2.87. The summed E-state index contributed by atoms with van der Waals surface area (Å²) in [6, 6.07) is 14.6. The van der Waals surface area contributed by atoms with E-state index in [1.165, 1.54) is 11.1 Å². The summed E-state index contributed by atoms with van der Waals surface area (Å²) in [6.45, 7) is 6.77. The van der Waals surface area contributed by atoms with Crippen LogP contribution in [0.15, 0.2) is 46.9 Å². The van der Waals surface area contributed by atoms with Crippen molar-refractivity contribution < 1.29 is 4.74 Å². The summed E-state index contributed by atoms with van der Waals surface area (Å²) >= 11 is 9.94. The Balaban J connectivity index is 2.08. The molecule has 3 nitrogen and oxygen atoms in total. The lowest BCUT2D eigenvalue weighted by Gasteiger charge is -2.32. The normalized spacial score (nSPS) is 17.1. The van der Waals surface area contributed by atoms with Crippen molar-refractivity contribution in [3.05, 3.63) is 63.1 Å². The first kappa shape index (κ1) is 18.7. The highest BCUT2D eigenvalue weighted by Crippen LogP contribution is 2.37. The van der Waals surface area contributed by atoms with Crippen LogP contribution in [0.1, 0.15) is 30.5 Å². The minimum Gasteiger partial charge on any atom is -0.494 e. The predicted octanol–water partition coefficient (Wildman–Crippen LogP) is 4.89. The summed E-state index contributed by atoms with van der Waals surface area (Å²) in [7, 11) is 0. The molecule has 1 N–H and O–H groups in total. The lowest BCUT2D eigenvalue weighted by Crippen LogP contribution is -2.33. The van der Waals surface area contributed by atoms with Gasteiger partial charge in [0.05, 0.1) is 12.6 Å². The van der Waals surface area contributed by atoms with E-state index in [1.54, 1.807) is 0 Å². The molecule has 25 heavy (non-hydrogen) atoms. The van der Waals surface area contributed by atoms with Gasteiger partial charge in [-0.15, -0.1) is 0 Å². The van der Waals surface area contributed by atoms with Crippen LogP contribution in [-0.2, 0) is 0 Å². The first-order valence-corrected chi connectivity index (χ1v) is 9.98. The van der Waals surface area contributed by atoms with Gasteiger partial charge in [-0.3, -0.25) is 4.90 Å².